The summed E-state index contributed by atoms with van der Waals surface area (Å²) >= 11 is 6.88. The summed E-state index contributed by atoms with van der Waals surface area (Å²) in [5.41, 5.74) is 2.08. The van der Waals surface area contributed by atoms with E-state index >= 15 is 0 Å². The maximum Gasteiger partial charge on any atom is 0.320 e. The highest BCUT2D eigenvalue weighted by Crippen LogP contribution is 2.53. The summed E-state index contributed by atoms with van der Waals surface area (Å²) in [6, 6.07) is 16.6. The molecule has 2 heterocycles. The Morgan fingerprint density at radius 1 is 1.12 bits per heavy atom. The number of nitrogens with zero attached hydrogens (tertiary/aromatic N) is 3. The SMILES string of the molecule is CCNC(=O)C1(COc2cc(OCc3cncc(C#N)c3)c(CN3CCCC[C@H]3C(=O)O)cc2Cl)C=CC=C(c2ccccc2)C1(C)C. The molecule has 2 N–H and O–H groups in total. The van der Waals surface area contributed by atoms with Gasteiger partial charge in [-0.05, 0) is 49.6 Å². The third kappa shape index (κ3) is 7.25. The molecule has 250 valence electrons. The highest BCUT2D eigenvalue weighted by Gasteiger charge is 2.53. The second-order valence-corrected chi connectivity index (χ2v) is 13.2. The van der Waals surface area contributed by atoms with Crippen molar-refractivity contribution in [1.82, 2.24) is 15.2 Å². The molecule has 1 saturated heterocycles. The maximum absolute atomic E-state index is 13.9. The van der Waals surface area contributed by atoms with Crippen molar-refractivity contribution in [3.63, 3.8) is 0 Å². The van der Waals surface area contributed by atoms with E-state index in [1.807, 2.05) is 74.2 Å². The fourth-order valence-corrected chi connectivity index (χ4v) is 6.86. The number of halogens is 1. The lowest BCUT2D eigenvalue weighted by Gasteiger charge is -2.46. The van der Waals surface area contributed by atoms with E-state index in [2.05, 4.69) is 16.4 Å². The number of carbonyl (C=O) groups is 2. The molecule has 2 aliphatic rings. The van der Waals surface area contributed by atoms with Crippen LogP contribution in [-0.2, 0) is 22.7 Å². The Morgan fingerprint density at radius 2 is 1.92 bits per heavy atom. The first kappa shape index (κ1) is 34.7. The number of carboxylic acids is 1. The average molecular weight is 669 g/mol. The van der Waals surface area contributed by atoms with E-state index in [-0.39, 0.29) is 19.1 Å². The minimum atomic E-state index is -1.09. The van der Waals surface area contributed by atoms with Crippen molar-refractivity contribution >= 4 is 29.1 Å². The van der Waals surface area contributed by atoms with Gasteiger partial charge >= 0.3 is 5.97 Å². The van der Waals surface area contributed by atoms with Crippen molar-refractivity contribution in [1.29, 1.82) is 5.26 Å². The summed E-state index contributed by atoms with van der Waals surface area (Å²) in [5, 5.41) is 22.6. The second-order valence-electron chi connectivity index (χ2n) is 12.7. The van der Waals surface area contributed by atoms with Crippen LogP contribution in [0.5, 0.6) is 11.5 Å². The van der Waals surface area contributed by atoms with Gasteiger partial charge in [-0.1, -0.05) is 80.4 Å². The number of piperidine rings is 1. The predicted octanol–water partition coefficient (Wildman–Crippen LogP) is 6.81. The average Bonchev–Trinajstić information content (AvgIpc) is 3.08. The van der Waals surface area contributed by atoms with Crippen molar-refractivity contribution in [3.8, 4) is 17.6 Å². The summed E-state index contributed by atoms with van der Waals surface area (Å²) in [6.45, 7) is 7.49. The molecule has 48 heavy (non-hydrogen) atoms. The van der Waals surface area contributed by atoms with Crippen LogP contribution >= 0.6 is 11.6 Å². The van der Waals surface area contributed by atoms with Crippen molar-refractivity contribution < 1.29 is 24.2 Å². The van der Waals surface area contributed by atoms with Gasteiger partial charge in [-0.3, -0.25) is 19.5 Å². The Labute approximate surface area is 286 Å². The highest BCUT2D eigenvalue weighted by molar-refractivity contribution is 6.32. The normalized spacial score (nSPS) is 20.3. The molecule has 2 aromatic carbocycles. The number of hydrogen-bond acceptors (Lipinski definition) is 7. The van der Waals surface area contributed by atoms with Crippen molar-refractivity contribution in [2.75, 3.05) is 19.7 Å². The topological polar surface area (TPSA) is 125 Å². The van der Waals surface area contributed by atoms with E-state index in [0.29, 0.717) is 59.3 Å². The van der Waals surface area contributed by atoms with Crippen LogP contribution in [0.4, 0.5) is 0 Å². The smallest absolute Gasteiger partial charge is 0.320 e. The van der Waals surface area contributed by atoms with Crippen molar-refractivity contribution in [2.45, 2.75) is 59.2 Å². The number of carboxylic acid groups (broad SMARTS) is 1. The molecule has 1 unspecified atom stereocenters. The van der Waals surface area contributed by atoms with Crippen LogP contribution in [0.3, 0.4) is 0 Å². The monoisotopic (exact) mass is 668 g/mol. The second kappa shape index (κ2) is 15.1. The zero-order chi connectivity index (χ0) is 34.3. The van der Waals surface area contributed by atoms with E-state index in [1.165, 1.54) is 6.20 Å². The van der Waals surface area contributed by atoms with E-state index in [4.69, 9.17) is 21.1 Å². The van der Waals surface area contributed by atoms with Gasteiger partial charge < -0.3 is 19.9 Å². The molecular weight excluding hydrogens is 628 g/mol. The van der Waals surface area contributed by atoms with Crippen LogP contribution in [0.25, 0.3) is 5.57 Å². The molecule has 0 bridgehead atoms. The quantitative estimate of drug-likeness (QED) is 0.216. The summed E-state index contributed by atoms with van der Waals surface area (Å²) in [5.74, 6) is -0.227. The first-order chi connectivity index (χ1) is 23.1. The summed E-state index contributed by atoms with van der Waals surface area (Å²) in [7, 11) is 0. The number of amides is 1. The fourth-order valence-electron chi connectivity index (χ4n) is 6.62. The third-order valence-corrected chi connectivity index (χ3v) is 9.72. The Kier molecular flexibility index (Phi) is 10.9. The lowest BCUT2D eigenvalue weighted by molar-refractivity contribution is -0.145. The molecular formula is C38H41ClN4O5. The number of ether oxygens (including phenoxy) is 2. The zero-order valence-electron chi connectivity index (χ0n) is 27.5. The van der Waals surface area contributed by atoms with Gasteiger partial charge in [0.2, 0.25) is 5.91 Å². The van der Waals surface area contributed by atoms with E-state index in [1.54, 1.807) is 24.4 Å². The largest absolute Gasteiger partial charge is 0.490 e. The Hall–Kier alpha value is -4.65. The molecule has 1 aromatic heterocycles. The van der Waals surface area contributed by atoms with Gasteiger partial charge in [-0.25, -0.2) is 0 Å². The molecule has 1 amide bonds. The molecule has 5 rings (SSSR count). The zero-order valence-corrected chi connectivity index (χ0v) is 28.3. The molecule has 1 aliphatic heterocycles. The number of benzene rings is 2. The number of nitrogens with one attached hydrogen (secondary N) is 1. The third-order valence-electron chi connectivity index (χ3n) is 9.42. The number of aromatic nitrogens is 1. The predicted molar refractivity (Wildman–Crippen MR) is 184 cm³/mol. The molecule has 2 atom stereocenters. The first-order valence-electron chi connectivity index (χ1n) is 16.2. The Balaban J connectivity index is 1.49. The lowest BCUT2D eigenvalue weighted by atomic mass is 9.58. The molecule has 0 saturated carbocycles. The minimum Gasteiger partial charge on any atom is -0.490 e. The maximum atomic E-state index is 13.9. The van der Waals surface area contributed by atoms with E-state index in [0.717, 1.165) is 24.0 Å². The van der Waals surface area contributed by atoms with E-state index in [9.17, 15) is 20.0 Å². The number of nitriles is 1. The lowest BCUT2D eigenvalue weighted by Crippen LogP contribution is -2.53. The molecule has 1 aliphatic carbocycles. The standard InChI is InChI=1S/C38H41ClN4O5/c1-4-42-36(46)38(15-10-13-30(37(38,2)3)28-11-6-5-7-12-28)25-48-34-19-33(47-24-27-17-26(20-40)21-41-22-27)29(18-31(34)39)23-43-16-9-8-14-32(43)35(44)45/h5-7,10-13,15,17-19,21-22,32H,4,8-9,14,16,23-25H2,1-3H3,(H,42,46)(H,44,45)/t32-,38?/m0/s1. The number of allylic oxidation sites excluding steroid dienone is 3. The van der Waals surface area contributed by atoms with Crippen molar-refractivity contribution in [3.05, 3.63) is 106 Å². The molecule has 0 radical (unpaired) electrons. The summed E-state index contributed by atoms with van der Waals surface area (Å²) in [4.78, 5) is 32.1. The minimum absolute atomic E-state index is 0.00758. The number of rotatable bonds is 12. The summed E-state index contributed by atoms with van der Waals surface area (Å²) in [6.07, 6.45) is 11.3. The van der Waals surface area contributed by atoms with Gasteiger partial charge in [0.15, 0.2) is 0 Å². The molecule has 0 spiro atoms. The van der Waals surface area contributed by atoms with Crippen LogP contribution in [0.2, 0.25) is 5.02 Å². The van der Waals surface area contributed by atoms with E-state index < -0.39 is 22.8 Å². The summed E-state index contributed by atoms with van der Waals surface area (Å²) < 4.78 is 12.8. The van der Waals surface area contributed by atoms with Gasteiger partial charge in [-0.2, -0.15) is 5.26 Å². The molecule has 3 aromatic rings. The fraction of sp³-hybridized carbons (Fsp3) is 0.368. The molecule has 9 nitrogen and oxygen atoms in total. The highest BCUT2D eigenvalue weighted by atomic mass is 35.5. The van der Waals surface area contributed by atoms with Crippen LogP contribution in [-0.4, -0.2) is 52.6 Å². The van der Waals surface area contributed by atoms with Crippen molar-refractivity contribution in [2.24, 2.45) is 10.8 Å². The first-order valence-corrected chi connectivity index (χ1v) is 16.6. The van der Waals surface area contributed by atoms with Gasteiger partial charge in [0, 0.05) is 48.1 Å². The van der Waals surface area contributed by atoms with Gasteiger partial charge in [0.1, 0.15) is 42.2 Å². The van der Waals surface area contributed by atoms with Crippen LogP contribution in [0.15, 0.2) is 79.2 Å². The number of likely N-dealkylation sites (tertiary alicyclic amines) is 1. The van der Waals surface area contributed by atoms with Crippen LogP contribution in [0, 0.1) is 22.2 Å². The van der Waals surface area contributed by atoms with Crippen LogP contribution < -0.4 is 14.8 Å². The van der Waals surface area contributed by atoms with Gasteiger partial charge in [-0.15, -0.1) is 0 Å². The number of carbonyl (C=O) groups excluding carboxylic acids is 1. The van der Waals surface area contributed by atoms with Gasteiger partial charge in [0.05, 0.1) is 10.6 Å². The number of pyridine rings is 1. The molecule has 10 heteroatoms. The Bertz CT molecular complexity index is 1750. The number of hydrogen-bond donors (Lipinski definition) is 2. The van der Waals surface area contributed by atoms with Gasteiger partial charge in [0.25, 0.3) is 0 Å². The number of aliphatic carboxylic acids is 1. The van der Waals surface area contributed by atoms with Crippen LogP contribution in [0.1, 0.15) is 62.3 Å². The molecule has 1 fully saturated rings. The Morgan fingerprint density at radius 3 is 2.65 bits per heavy atom.